The molecule has 5 rings (SSSR count). The lowest BCUT2D eigenvalue weighted by Gasteiger charge is -2.40. The third kappa shape index (κ3) is 4.53. The van der Waals surface area contributed by atoms with E-state index < -0.39 is 30.1 Å². The number of aliphatic hydroxyl groups is 3. The summed E-state index contributed by atoms with van der Waals surface area (Å²) in [5, 5.41) is 33.3. The molecule has 202 valence electrons. The van der Waals surface area contributed by atoms with E-state index in [0.717, 1.165) is 5.56 Å². The second kappa shape index (κ2) is 10.5. The van der Waals surface area contributed by atoms with E-state index in [4.69, 9.17) is 18.9 Å². The average Bonchev–Trinajstić information content (AvgIpc) is 3.55. The van der Waals surface area contributed by atoms with Crippen LogP contribution < -0.4 is 24.3 Å². The Morgan fingerprint density at radius 2 is 1.92 bits per heavy atom. The maximum atomic E-state index is 13.3. The SMILES string of the molecule is COc1cc(CO)cc2c1OC1C2C(C(=O)NCCO)=CC(N(Cc2ccc3c(c2)OCO3)C(C)=O)C1O. The average molecular weight is 527 g/mol. The molecule has 0 fully saturated rings. The molecule has 0 aromatic heterocycles. The van der Waals surface area contributed by atoms with Gasteiger partial charge in [-0.2, -0.15) is 0 Å². The lowest BCUT2D eigenvalue weighted by molar-refractivity contribution is -0.135. The number of nitrogens with zero attached hydrogens (tertiary/aromatic N) is 1. The third-order valence-corrected chi connectivity index (χ3v) is 7.05. The molecule has 1 aliphatic carbocycles. The number of ether oxygens (including phenoxy) is 4. The highest BCUT2D eigenvalue weighted by Crippen LogP contribution is 2.51. The highest BCUT2D eigenvalue weighted by Gasteiger charge is 2.51. The van der Waals surface area contributed by atoms with Gasteiger partial charge in [0, 0.05) is 31.1 Å². The Bertz CT molecular complexity index is 1280. The third-order valence-electron chi connectivity index (χ3n) is 7.05. The van der Waals surface area contributed by atoms with Crippen LogP contribution in [0.1, 0.15) is 29.5 Å². The molecule has 4 unspecified atom stereocenters. The minimum absolute atomic E-state index is 0.0299. The van der Waals surface area contributed by atoms with Crippen molar-refractivity contribution < 1.29 is 43.9 Å². The predicted octanol–water partition coefficient (Wildman–Crippen LogP) is 0.587. The molecule has 4 N–H and O–H groups in total. The zero-order valence-electron chi connectivity index (χ0n) is 21.0. The largest absolute Gasteiger partial charge is 0.493 e. The summed E-state index contributed by atoms with van der Waals surface area (Å²) in [6.45, 7) is 1.17. The van der Waals surface area contributed by atoms with Crippen molar-refractivity contribution in [2.75, 3.05) is 27.1 Å². The minimum Gasteiger partial charge on any atom is -0.493 e. The van der Waals surface area contributed by atoms with E-state index in [2.05, 4.69) is 5.32 Å². The van der Waals surface area contributed by atoms with E-state index in [9.17, 15) is 24.9 Å². The van der Waals surface area contributed by atoms with Crippen LogP contribution in [0.2, 0.25) is 0 Å². The number of carbonyl (C=O) groups excluding carboxylic acids is 2. The summed E-state index contributed by atoms with van der Waals surface area (Å²) >= 11 is 0. The van der Waals surface area contributed by atoms with Crippen molar-refractivity contribution in [2.24, 2.45) is 0 Å². The molecule has 0 saturated heterocycles. The van der Waals surface area contributed by atoms with Gasteiger partial charge >= 0.3 is 0 Å². The van der Waals surface area contributed by atoms with Gasteiger partial charge in [0.05, 0.1) is 32.3 Å². The van der Waals surface area contributed by atoms with Gasteiger partial charge in [0.2, 0.25) is 18.6 Å². The number of methoxy groups -OCH3 is 1. The summed E-state index contributed by atoms with van der Waals surface area (Å²) in [4.78, 5) is 27.7. The van der Waals surface area contributed by atoms with E-state index >= 15 is 0 Å². The van der Waals surface area contributed by atoms with Crippen molar-refractivity contribution in [3.05, 3.63) is 58.7 Å². The Hall–Kier alpha value is -3.80. The molecule has 4 atom stereocenters. The number of aliphatic hydroxyl groups excluding tert-OH is 3. The maximum absolute atomic E-state index is 13.3. The van der Waals surface area contributed by atoms with Gasteiger partial charge in [-0.1, -0.05) is 6.07 Å². The van der Waals surface area contributed by atoms with Crippen molar-refractivity contribution in [1.82, 2.24) is 10.2 Å². The summed E-state index contributed by atoms with van der Waals surface area (Å²) in [7, 11) is 1.47. The van der Waals surface area contributed by atoms with Crippen LogP contribution in [-0.2, 0) is 22.7 Å². The van der Waals surface area contributed by atoms with Gasteiger partial charge in [-0.25, -0.2) is 0 Å². The quantitative estimate of drug-likeness (QED) is 0.388. The Labute approximate surface area is 219 Å². The molecule has 0 saturated carbocycles. The monoisotopic (exact) mass is 526 g/mol. The Kier molecular flexibility index (Phi) is 7.15. The van der Waals surface area contributed by atoms with Crippen LogP contribution in [0.3, 0.4) is 0 Å². The molecule has 0 bridgehead atoms. The molecular formula is C27H30N2O9. The van der Waals surface area contributed by atoms with Gasteiger partial charge in [0.15, 0.2) is 23.0 Å². The first kappa shape index (κ1) is 25.8. The van der Waals surface area contributed by atoms with Gasteiger partial charge in [-0.05, 0) is 41.5 Å². The standard InChI is InChI=1S/C27H30N2O9/c1-14(32)29(11-15-3-4-20-21(8-15)37-13-36-20)19-10-18(27(34)28-5-6-30)23-17-7-16(12-31)9-22(35-2)25(17)38-26(23)24(19)33/h3-4,7-10,19,23-24,26,30-31,33H,5-6,11-13H2,1-2H3,(H,28,34). The number of rotatable bonds is 8. The van der Waals surface area contributed by atoms with Gasteiger partial charge < -0.3 is 44.5 Å². The smallest absolute Gasteiger partial charge is 0.247 e. The summed E-state index contributed by atoms with van der Waals surface area (Å²) in [6.07, 6.45) is -0.512. The first-order valence-electron chi connectivity index (χ1n) is 12.3. The molecule has 2 amide bonds. The number of nitrogens with one attached hydrogen (secondary N) is 1. The summed E-state index contributed by atoms with van der Waals surface area (Å²) in [5.74, 6) is 0.453. The maximum Gasteiger partial charge on any atom is 0.247 e. The van der Waals surface area contributed by atoms with Crippen molar-refractivity contribution in [3.8, 4) is 23.0 Å². The van der Waals surface area contributed by atoms with Crippen LogP contribution in [-0.4, -0.2) is 77.3 Å². The number of fused-ring (bicyclic) bond motifs is 4. The zero-order valence-corrected chi connectivity index (χ0v) is 21.0. The van der Waals surface area contributed by atoms with Crippen molar-refractivity contribution in [1.29, 1.82) is 0 Å². The molecule has 2 heterocycles. The summed E-state index contributed by atoms with van der Waals surface area (Å²) in [6, 6.07) is 7.80. The van der Waals surface area contributed by atoms with Crippen LogP contribution in [0.15, 0.2) is 42.0 Å². The molecule has 0 spiro atoms. The fourth-order valence-corrected chi connectivity index (χ4v) is 5.28. The first-order valence-corrected chi connectivity index (χ1v) is 12.3. The van der Waals surface area contributed by atoms with Crippen LogP contribution >= 0.6 is 0 Å². The number of hydrogen-bond acceptors (Lipinski definition) is 9. The van der Waals surface area contributed by atoms with E-state index in [1.165, 1.54) is 18.9 Å². The molecule has 11 nitrogen and oxygen atoms in total. The van der Waals surface area contributed by atoms with Gasteiger partial charge in [0.1, 0.15) is 12.2 Å². The van der Waals surface area contributed by atoms with E-state index in [-0.39, 0.29) is 44.6 Å². The van der Waals surface area contributed by atoms with Crippen LogP contribution in [0.25, 0.3) is 0 Å². The Morgan fingerprint density at radius 3 is 2.63 bits per heavy atom. The molecular weight excluding hydrogens is 496 g/mol. The van der Waals surface area contributed by atoms with Crippen molar-refractivity contribution in [2.45, 2.75) is 44.2 Å². The number of carbonyl (C=O) groups is 2. The lowest BCUT2D eigenvalue weighted by Crippen LogP contribution is -2.55. The van der Waals surface area contributed by atoms with Crippen LogP contribution in [0.4, 0.5) is 0 Å². The van der Waals surface area contributed by atoms with Gasteiger partial charge in [-0.3, -0.25) is 9.59 Å². The second-order valence-corrected chi connectivity index (χ2v) is 9.35. The second-order valence-electron chi connectivity index (χ2n) is 9.35. The van der Waals surface area contributed by atoms with Gasteiger partial charge in [0.25, 0.3) is 0 Å². The van der Waals surface area contributed by atoms with Crippen LogP contribution in [0, 0.1) is 0 Å². The van der Waals surface area contributed by atoms with E-state index in [1.807, 2.05) is 6.07 Å². The van der Waals surface area contributed by atoms with Gasteiger partial charge in [-0.15, -0.1) is 0 Å². The van der Waals surface area contributed by atoms with Crippen molar-refractivity contribution in [3.63, 3.8) is 0 Å². The summed E-state index contributed by atoms with van der Waals surface area (Å²) < 4.78 is 22.5. The fraction of sp³-hybridized carbons (Fsp3) is 0.407. The molecule has 11 heteroatoms. The first-order chi connectivity index (χ1) is 18.4. The molecule has 2 aromatic carbocycles. The highest BCUT2D eigenvalue weighted by molar-refractivity contribution is 5.96. The van der Waals surface area contributed by atoms with Crippen molar-refractivity contribution >= 4 is 11.8 Å². The molecule has 0 radical (unpaired) electrons. The van der Waals surface area contributed by atoms with E-state index in [0.29, 0.717) is 34.1 Å². The molecule has 2 aromatic rings. The number of amides is 2. The van der Waals surface area contributed by atoms with Crippen LogP contribution in [0.5, 0.6) is 23.0 Å². The zero-order chi connectivity index (χ0) is 27.0. The normalized spacial score (nSPS) is 22.6. The fourth-order valence-electron chi connectivity index (χ4n) is 5.28. The Balaban J connectivity index is 1.55. The topological polar surface area (TPSA) is 147 Å². The Morgan fingerprint density at radius 1 is 1.13 bits per heavy atom. The molecule has 2 aliphatic heterocycles. The number of benzene rings is 2. The minimum atomic E-state index is -1.19. The highest BCUT2D eigenvalue weighted by atomic mass is 16.7. The summed E-state index contributed by atoms with van der Waals surface area (Å²) in [5.41, 5.74) is 2.19. The lowest BCUT2D eigenvalue weighted by atomic mass is 9.77. The molecule has 38 heavy (non-hydrogen) atoms. The van der Waals surface area contributed by atoms with E-state index in [1.54, 1.807) is 30.3 Å². The predicted molar refractivity (Wildman–Crippen MR) is 133 cm³/mol. The molecule has 3 aliphatic rings. The number of hydrogen-bond donors (Lipinski definition) is 4.